The van der Waals surface area contributed by atoms with Crippen molar-refractivity contribution in [3.8, 4) is 0 Å². The fourth-order valence-electron chi connectivity index (χ4n) is 2.23. The van der Waals surface area contributed by atoms with Gasteiger partial charge in [-0.3, -0.25) is 0 Å². The summed E-state index contributed by atoms with van der Waals surface area (Å²) < 4.78 is 0. The molecule has 1 heteroatoms. The van der Waals surface area contributed by atoms with E-state index in [1.807, 2.05) is 6.08 Å². The van der Waals surface area contributed by atoms with Crippen LogP contribution >= 0.6 is 0 Å². The van der Waals surface area contributed by atoms with Gasteiger partial charge in [0.15, 0.2) is 0 Å². The van der Waals surface area contributed by atoms with Crippen molar-refractivity contribution in [1.29, 1.82) is 5.41 Å². The van der Waals surface area contributed by atoms with Crippen molar-refractivity contribution in [2.24, 2.45) is 0 Å². The zero-order chi connectivity index (χ0) is 12.6. The number of fused-ring (bicyclic) bond motifs is 1. The molecule has 0 aliphatic heterocycles. The van der Waals surface area contributed by atoms with E-state index in [4.69, 9.17) is 5.41 Å². The van der Waals surface area contributed by atoms with Gasteiger partial charge in [0, 0.05) is 17.7 Å². The zero-order valence-electron chi connectivity index (χ0n) is 10.8. The third-order valence-corrected chi connectivity index (χ3v) is 3.24. The summed E-state index contributed by atoms with van der Waals surface area (Å²) in [6.45, 7) is 10.4. The Labute approximate surface area is 103 Å². The summed E-state index contributed by atoms with van der Waals surface area (Å²) in [5, 5.41) is 8.01. The molecule has 0 saturated heterocycles. The maximum absolute atomic E-state index is 8.01. The summed E-state index contributed by atoms with van der Waals surface area (Å²) in [5.41, 5.74) is 5.70. The van der Waals surface area contributed by atoms with Gasteiger partial charge in [0.25, 0.3) is 0 Å². The standard InChI is InChI=1S/C16H19N/c1-5-6-14-13-8-7-12(16(2,3)4)9-11(13)10-15(14)17/h5-9,17H,1,10H2,2-4H3/b14-6-,17-15?. The first-order valence-corrected chi connectivity index (χ1v) is 5.98. The molecule has 0 saturated carbocycles. The molecular formula is C16H19N. The summed E-state index contributed by atoms with van der Waals surface area (Å²) in [7, 11) is 0. The summed E-state index contributed by atoms with van der Waals surface area (Å²) in [4.78, 5) is 0. The molecule has 0 bridgehead atoms. The van der Waals surface area contributed by atoms with Crippen molar-refractivity contribution in [1.82, 2.24) is 0 Å². The molecule has 0 unspecified atom stereocenters. The first-order valence-electron chi connectivity index (χ1n) is 5.98. The molecule has 0 amide bonds. The van der Waals surface area contributed by atoms with E-state index in [1.54, 1.807) is 6.08 Å². The predicted octanol–water partition coefficient (Wildman–Crippen LogP) is 4.13. The average molecular weight is 225 g/mol. The minimum atomic E-state index is 0.169. The van der Waals surface area contributed by atoms with Gasteiger partial charge in [0.2, 0.25) is 0 Å². The molecule has 1 N–H and O–H groups in total. The Balaban J connectivity index is 2.52. The van der Waals surface area contributed by atoms with E-state index in [1.165, 1.54) is 16.7 Å². The molecule has 0 atom stereocenters. The lowest BCUT2D eigenvalue weighted by Gasteiger charge is -2.19. The summed E-state index contributed by atoms with van der Waals surface area (Å²) >= 11 is 0. The van der Waals surface area contributed by atoms with Crippen LogP contribution in [-0.4, -0.2) is 5.71 Å². The molecule has 0 fully saturated rings. The van der Waals surface area contributed by atoms with Gasteiger partial charge < -0.3 is 5.41 Å². The lowest BCUT2D eigenvalue weighted by atomic mass is 9.85. The number of nitrogens with one attached hydrogen (secondary N) is 1. The van der Waals surface area contributed by atoms with Crippen LogP contribution in [0.15, 0.2) is 36.9 Å². The van der Waals surface area contributed by atoms with Gasteiger partial charge >= 0.3 is 0 Å². The van der Waals surface area contributed by atoms with Gasteiger partial charge in [-0.25, -0.2) is 0 Å². The van der Waals surface area contributed by atoms with Crippen LogP contribution in [-0.2, 0) is 11.8 Å². The fourth-order valence-corrected chi connectivity index (χ4v) is 2.23. The van der Waals surface area contributed by atoms with Gasteiger partial charge in [-0.1, -0.05) is 57.7 Å². The first-order chi connectivity index (χ1) is 7.93. The molecule has 17 heavy (non-hydrogen) atoms. The highest BCUT2D eigenvalue weighted by atomic mass is 14.5. The second-order valence-corrected chi connectivity index (χ2v) is 5.59. The predicted molar refractivity (Wildman–Crippen MR) is 74.7 cm³/mol. The quantitative estimate of drug-likeness (QED) is 0.743. The topological polar surface area (TPSA) is 23.9 Å². The molecule has 1 aliphatic rings. The lowest BCUT2D eigenvalue weighted by Crippen LogP contribution is -2.11. The van der Waals surface area contributed by atoms with Crippen molar-refractivity contribution in [3.05, 3.63) is 53.6 Å². The largest absolute Gasteiger partial charge is 0.304 e. The van der Waals surface area contributed by atoms with E-state index in [-0.39, 0.29) is 5.41 Å². The normalized spacial score (nSPS) is 17.4. The van der Waals surface area contributed by atoms with Crippen LogP contribution in [0.2, 0.25) is 0 Å². The SMILES string of the molecule is C=C/C=C1\C(=N)Cc2cc(C(C)(C)C)ccc21. The lowest BCUT2D eigenvalue weighted by molar-refractivity contribution is 0.589. The number of hydrogen-bond donors (Lipinski definition) is 1. The van der Waals surface area contributed by atoms with Crippen LogP contribution in [0.3, 0.4) is 0 Å². The van der Waals surface area contributed by atoms with Crippen LogP contribution in [0.1, 0.15) is 37.5 Å². The third kappa shape index (κ3) is 2.10. The Morgan fingerprint density at radius 3 is 2.59 bits per heavy atom. The number of rotatable bonds is 1. The first kappa shape index (κ1) is 11.8. The summed E-state index contributed by atoms with van der Waals surface area (Å²) in [6, 6.07) is 6.56. The molecule has 1 aromatic carbocycles. The highest BCUT2D eigenvalue weighted by Gasteiger charge is 2.23. The van der Waals surface area contributed by atoms with E-state index >= 15 is 0 Å². The Morgan fingerprint density at radius 1 is 1.29 bits per heavy atom. The van der Waals surface area contributed by atoms with Crippen molar-refractivity contribution in [2.45, 2.75) is 32.6 Å². The second-order valence-electron chi connectivity index (χ2n) is 5.59. The highest BCUT2D eigenvalue weighted by molar-refractivity contribution is 6.27. The van der Waals surface area contributed by atoms with Crippen LogP contribution in [0, 0.1) is 5.41 Å². The number of benzene rings is 1. The van der Waals surface area contributed by atoms with Crippen molar-refractivity contribution in [3.63, 3.8) is 0 Å². The Bertz CT molecular complexity index is 513. The number of allylic oxidation sites excluding steroid dienone is 3. The van der Waals surface area contributed by atoms with Crippen LogP contribution in [0.5, 0.6) is 0 Å². The van der Waals surface area contributed by atoms with Gasteiger partial charge in [-0.05, 0) is 22.1 Å². The molecule has 0 aromatic heterocycles. The highest BCUT2D eigenvalue weighted by Crippen LogP contribution is 2.33. The van der Waals surface area contributed by atoms with Crippen LogP contribution in [0.4, 0.5) is 0 Å². The monoisotopic (exact) mass is 225 g/mol. The van der Waals surface area contributed by atoms with E-state index < -0.39 is 0 Å². The van der Waals surface area contributed by atoms with Crippen molar-refractivity contribution in [2.75, 3.05) is 0 Å². The van der Waals surface area contributed by atoms with Gasteiger partial charge in [-0.2, -0.15) is 0 Å². The van der Waals surface area contributed by atoms with E-state index in [9.17, 15) is 0 Å². The molecule has 0 heterocycles. The van der Waals surface area contributed by atoms with Crippen molar-refractivity contribution < 1.29 is 0 Å². The smallest absolute Gasteiger partial charge is 0.0436 e. The molecule has 1 aromatic rings. The molecule has 1 nitrogen and oxygen atoms in total. The third-order valence-electron chi connectivity index (χ3n) is 3.24. The molecule has 0 radical (unpaired) electrons. The van der Waals surface area contributed by atoms with Gasteiger partial charge in [-0.15, -0.1) is 0 Å². The molecule has 88 valence electrons. The fraction of sp³-hybridized carbons (Fsp3) is 0.312. The molecule has 2 rings (SSSR count). The maximum Gasteiger partial charge on any atom is 0.0436 e. The zero-order valence-corrected chi connectivity index (χ0v) is 10.8. The minimum Gasteiger partial charge on any atom is -0.304 e. The Kier molecular flexibility index (Phi) is 2.78. The van der Waals surface area contributed by atoms with Crippen LogP contribution in [0.25, 0.3) is 5.57 Å². The van der Waals surface area contributed by atoms with E-state index in [0.29, 0.717) is 5.71 Å². The minimum absolute atomic E-state index is 0.169. The Hall–Kier alpha value is -1.63. The Morgan fingerprint density at radius 2 is 2.00 bits per heavy atom. The average Bonchev–Trinajstić information content (AvgIpc) is 2.54. The maximum atomic E-state index is 8.01. The van der Waals surface area contributed by atoms with E-state index in [2.05, 4.69) is 45.5 Å². The van der Waals surface area contributed by atoms with Gasteiger partial charge in [0.05, 0.1) is 0 Å². The van der Waals surface area contributed by atoms with Crippen LogP contribution < -0.4 is 0 Å². The van der Waals surface area contributed by atoms with Gasteiger partial charge in [0.1, 0.15) is 0 Å². The summed E-state index contributed by atoms with van der Waals surface area (Å²) in [5.74, 6) is 0. The molecule has 0 spiro atoms. The van der Waals surface area contributed by atoms with Crippen molar-refractivity contribution >= 4 is 11.3 Å². The number of hydrogen-bond acceptors (Lipinski definition) is 1. The van der Waals surface area contributed by atoms with E-state index in [0.717, 1.165) is 12.0 Å². The molecular weight excluding hydrogens is 206 g/mol. The second kappa shape index (κ2) is 3.99. The molecule has 1 aliphatic carbocycles. The summed E-state index contributed by atoms with van der Waals surface area (Å²) in [6.07, 6.45) is 4.44.